The van der Waals surface area contributed by atoms with Gasteiger partial charge in [-0.1, -0.05) is 0 Å². The molecule has 1 aromatic heterocycles. The van der Waals surface area contributed by atoms with Gasteiger partial charge in [0.05, 0.1) is 5.52 Å². The number of carboxylic acid groups (broad SMARTS) is 1. The smallest absolute Gasteiger partial charge is 0.328 e. The van der Waals surface area contributed by atoms with E-state index in [4.69, 9.17) is 5.11 Å². The minimum Gasteiger partial charge on any atom is -0.478 e. The third-order valence-electron chi connectivity index (χ3n) is 3.66. The first-order chi connectivity index (χ1) is 9.65. The number of carboxylic acids is 1. The summed E-state index contributed by atoms with van der Waals surface area (Å²) in [6.07, 6.45) is 6.59. The molecular formula is C16H14FNO2. The van der Waals surface area contributed by atoms with Crippen LogP contribution in [0.25, 0.3) is 17.0 Å². The molecule has 0 bridgehead atoms. The predicted octanol–water partition coefficient (Wildman–Crippen LogP) is 3.35. The van der Waals surface area contributed by atoms with Crippen molar-refractivity contribution >= 4 is 22.9 Å². The fourth-order valence-electron chi connectivity index (χ4n) is 2.78. The van der Waals surface area contributed by atoms with Gasteiger partial charge in [-0.05, 0) is 61.1 Å². The lowest BCUT2D eigenvalue weighted by Crippen LogP contribution is -2.08. The van der Waals surface area contributed by atoms with Gasteiger partial charge >= 0.3 is 5.97 Å². The lowest BCUT2D eigenvalue weighted by Gasteiger charge is -2.19. The van der Waals surface area contributed by atoms with Gasteiger partial charge in [-0.3, -0.25) is 4.98 Å². The summed E-state index contributed by atoms with van der Waals surface area (Å²) in [6, 6.07) is 4.46. The molecule has 0 fully saturated rings. The zero-order valence-corrected chi connectivity index (χ0v) is 10.9. The molecule has 102 valence electrons. The van der Waals surface area contributed by atoms with Crippen molar-refractivity contribution in [3.63, 3.8) is 0 Å². The molecule has 1 N–H and O–H groups in total. The molecule has 1 aliphatic carbocycles. The van der Waals surface area contributed by atoms with E-state index in [1.807, 2.05) is 0 Å². The van der Waals surface area contributed by atoms with Crippen molar-refractivity contribution in [2.75, 3.05) is 0 Å². The Morgan fingerprint density at radius 3 is 2.90 bits per heavy atom. The molecule has 2 aromatic rings. The molecule has 0 saturated heterocycles. The molecule has 1 aliphatic rings. The molecule has 3 nitrogen and oxygen atoms in total. The van der Waals surface area contributed by atoms with E-state index in [9.17, 15) is 9.18 Å². The summed E-state index contributed by atoms with van der Waals surface area (Å²) in [5.74, 6) is -1.34. The van der Waals surface area contributed by atoms with Crippen LogP contribution in [-0.2, 0) is 17.6 Å². The van der Waals surface area contributed by atoms with E-state index in [1.165, 1.54) is 12.1 Å². The fraction of sp³-hybridized carbons (Fsp3) is 0.250. The number of aromatic nitrogens is 1. The van der Waals surface area contributed by atoms with Gasteiger partial charge < -0.3 is 5.11 Å². The van der Waals surface area contributed by atoms with E-state index >= 15 is 0 Å². The van der Waals surface area contributed by atoms with Crippen molar-refractivity contribution in [1.29, 1.82) is 0 Å². The minimum atomic E-state index is -1.00. The molecule has 0 aliphatic heterocycles. The van der Waals surface area contributed by atoms with Crippen LogP contribution in [0.5, 0.6) is 0 Å². The van der Waals surface area contributed by atoms with Crippen molar-refractivity contribution in [1.82, 2.24) is 4.98 Å². The number of nitrogens with zero attached hydrogens (tertiary/aromatic N) is 1. The van der Waals surface area contributed by atoms with E-state index in [0.29, 0.717) is 5.39 Å². The van der Waals surface area contributed by atoms with E-state index in [-0.39, 0.29) is 5.82 Å². The number of pyridine rings is 1. The molecule has 1 heterocycles. The van der Waals surface area contributed by atoms with Crippen LogP contribution in [0.1, 0.15) is 29.7 Å². The second-order valence-corrected chi connectivity index (χ2v) is 4.99. The van der Waals surface area contributed by atoms with Gasteiger partial charge in [0.25, 0.3) is 0 Å². The summed E-state index contributed by atoms with van der Waals surface area (Å²) >= 11 is 0. The Labute approximate surface area is 115 Å². The molecule has 0 amide bonds. The first-order valence-electron chi connectivity index (χ1n) is 6.67. The first-order valence-corrected chi connectivity index (χ1v) is 6.67. The third-order valence-corrected chi connectivity index (χ3v) is 3.66. The highest BCUT2D eigenvalue weighted by atomic mass is 19.1. The number of carbonyl (C=O) groups is 1. The maximum atomic E-state index is 13.5. The maximum absolute atomic E-state index is 13.5. The molecule has 0 atom stereocenters. The van der Waals surface area contributed by atoms with Gasteiger partial charge in [0, 0.05) is 17.2 Å². The van der Waals surface area contributed by atoms with E-state index in [1.54, 1.807) is 12.1 Å². The van der Waals surface area contributed by atoms with E-state index < -0.39 is 5.97 Å². The number of hydrogen-bond donors (Lipinski definition) is 1. The first kappa shape index (κ1) is 12.8. The van der Waals surface area contributed by atoms with Gasteiger partial charge in [-0.25, -0.2) is 9.18 Å². The fourth-order valence-corrected chi connectivity index (χ4v) is 2.78. The monoisotopic (exact) mass is 271 g/mol. The Bertz CT molecular complexity index is 722. The summed E-state index contributed by atoms with van der Waals surface area (Å²) < 4.78 is 13.5. The van der Waals surface area contributed by atoms with Crippen molar-refractivity contribution < 1.29 is 14.3 Å². The Morgan fingerprint density at radius 1 is 1.30 bits per heavy atom. The van der Waals surface area contributed by atoms with Crippen LogP contribution in [0.3, 0.4) is 0 Å². The average molecular weight is 271 g/mol. The summed E-state index contributed by atoms with van der Waals surface area (Å²) in [4.78, 5) is 15.4. The van der Waals surface area contributed by atoms with Crippen LogP contribution in [0.15, 0.2) is 24.3 Å². The van der Waals surface area contributed by atoms with Crippen LogP contribution in [-0.4, -0.2) is 16.1 Å². The number of benzene rings is 1. The van der Waals surface area contributed by atoms with Gasteiger partial charge in [-0.15, -0.1) is 0 Å². The highest BCUT2D eigenvalue weighted by molar-refractivity contribution is 5.94. The number of aliphatic carboxylic acids is 1. The average Bonchev–Trinajstić information content (AvgIpc) is 2.43. The lowest BCUT2D eigenvalue weighted by atomic mass is 9.89. The highest BCUT2D eigenvalue weighted by Gasteiger charge is 2.17. The molecule has 0 unspecified atom stereocenters. The number of aryl methyl sites for hydroxylation is 1. The molecule has 0 radical (unpaired) electrons. The Morgan fingerprint density at radius 2 is 2.10 bits per heavy atom. The minimum absolute atomic E-state index is 0.333. The number of hydrogen-bond acceptors (Lipinski definition) is 2. The number of rotatable bonds is 2. The summed E-state index contributed by atoms with van der Waals surface area (Å²) in [6.45, 7) is 0. The van der Waals surface area contributed by atoms with Crippen LogP contribution < -0.4 is 0 Å². The Hall–Kier alpha value is -2.23. The number of fused-ring (bicyclic) bond motifs is 2. The molecule has 0 saturated carbocycles. The van der Waals surface area contributed by atoms with E-state index in [2.05, 4.69) is 4.98 Å². The molecule has 20 heavy (non-hydrogen) atoms. The van der Waals surface area contributed by atoms with Crippen molar-refractivity contribution in [3.8, 4) is 0 Å². The van der Waals surface area contributed by atoms with Crippen LogP contribution in [0, 0.1) is 5.82 Å². The third kappa shape index (κ3) is 2.29. The van der Waals surface area contributed by atoms with E-state index in [0.717, 1.165) is 54.1 Å². The van der Waals surface area contributed by atoms with Crippen LogP contribution >= 0.6 is 0 Å². The Kier molecular flexibility index (Phi) is 3.22. The zero-order valence-electron chi connectivity index (χ0n) is 10.9. The summed E-state index contributed by atoms with van der Waals surface area (Å²) in [7, 11) is 0. The van der Waals surface area contributed by atoms with Crippen molar-refractivity contribution in [3.05, 3.63) is 46.9 Å². The normalized spacial score (nSPS) is 14.7. The molecular weight excluding hydrogens is 257 g/mol. The molecule has 3 rings (SSSR count). The lowest BCUT2D eigenvalue weighted by molar-refractivity contribution is -0.131. The largest absolute Gasteiger partial charge is 0.478 e. The van der Waals surface area contributed by atoms with Gasteiger partial charge in [0.15, 0.2) is 0 Å². The molecule has 0 spiro atoms. The molecule has 4 heteroatoms. The van der Waals surface area contributed by atoms with Crippen LogP contribution in [0.2, 0.25) is 0 Å². The summed E-state index contributed by atoms with van der Waals surface area (Å²) in [5.41, 5.74) is 3.59. The van der Waals surface area contributed by atoms with Gasteiger partial charge in [0.1, 0.15) is 5.82 Å². The standard InChI is InChI=1S/C16H14FNO2/c17-10-5-7-15-13(9-10)11(6-8-16(19)20)12-3-1-2-4-14(12)18-15/h5-9H,1-4H2,(H,19,20)/b8-6+. The second kappa shape index (κ2) is 5.04. The van der Waals surface area contributed by atoms with Gasteiger partial charge in [-0.2, -0.15) is 0 Å². The second-order valence-electron chi connectivity index (χ2n) is 4.99. The Balaban J connectivity index is 2.30. The molecule has 1 aromatic carbocycles. The summed E-state index contributed by atoms with van der Waals surface area (Å²) in [5, 5.41) is 9.51. The predicted molar refractivity (Wildman–Crippen MR) is 75.0 cm³/mol. The quantitative estimate of drug-likeness (QED) is 0.852. The topological polar surface area (TPSA) is 50.2 Å². The highest BCUT2D eigenvalue weighted by Crippen LogP contribution is 2.30. The maximum Gasteiger partial charge on any atom is 0.328 e. The van der Waals surface area contributed by atoms with Crippen LogP contribution in [0.4, 0.5) is 4.39 Å². The van der Waals surface area contributed by atoms with Crippen molar-refractivity contribution in [2.24, 2.45) is 0 Å². The van der Waals surface area contributed by atoms with Gasteiger partial charge in [0.2, 0.25) is 0 Å². The zero-order chi connectivity index (χ0) is 14.1. The van der Waals surface area contributed by atoms with Crippen molar-refractivity contribution in [2.45, 2.75) is 25.7 Å². The number of halogens is 1. The SMILES string of the molecule is O=C(O)/C=C/c1c2c(nc3ccc(F)cc13)CCCC2.